The topological polar surface area (TPSA) is 34.1 Å². The second kappa shape index (κ2) is 6.48. The van der Waals surface area contributed by atoms with Gasteiger partial charge in [-0.05, 0) is 72.8 Å². The van der Waals surface area contributed by atoms with Crippen LogP contribution in [0.15, 0.2) is 84.9 Å². The molecule has 9 rings (SSSR count). The van der Waals surface area contributed by atoms with Crippen molar-refractivity contribution in [3.63, 3.8) is 0 Å². The summed E-state index contributed by atoms with van der Waals surface area (Å²) in [4.78, 5) is 27.0. The van der Waals surface area contributed by atoms with Gasteiger partial charge in [0.2, 0.25) is 0 Å². The van der Waals surface area contributed by atoms with Gasteiger partial charge < -0.3 is 0 Å². The lowest BCUT2D eigenvalue weighted by atomic mass is 9.76. The van der Waals surface area contributed by atoms with Crippen LogP contribution in [0, 0.1) is 11.6 Å². The zero-order valence-corrected chi connectivity index (χ0v) is 19.7. The Bertz CT molecular complexity index is 2270. The van der Waals surface area contributed by atoms with E-state index in [1.54, 1.807) is 6.07 Å². The van der Waals surface area contributed by atoms with E-state index in [1.165, 1.54) is 6.07 Å². The van der Waals surface area contributed by atoms with Crippen molar-refractivity contribution >= 4 is 54.7 Å². The molecule has 4 heteroatoms. The van der Waals surface area contributed by atoms with E-state index in [4.69, 9.17) is 0 Å². The summed E-state index contributed by atoms with van der Waals surface area (Å²) in [7, 11) is 0. The highest BCUT2D eigenvalue weighted by molar-refractivity contribution is 6.41. The van der Waals surface area contributed by atoms with Crippen LogP contribution in [0.1, 0.15) is 31.8 Å². The zero-order valence-electron chi connectivity index (χ0n) is 19.7. The molecule has 2 aliphatic carbocycles. The monoisotopic (exact) mass is 492 g/mol. The number of halogens is 2. The molecule has 0 saturated carbocycles. The van der Waals surface area contributed by atoms with E-state index < -0.39 is 17.4 Å². The molecule has 0 N–H and O–H groups in total. The minimum atomic E-state index is -1.11. The largest absolute Gasteiger partial charge is 0.289 e. The van der Waals surface area contributed by atoms with Crippen LogP contribution in [0.25, 0.3) is 65.3 Å². The number of benzene rings is 7. The lowest BCUT2D eigenvalue weighted by Crippen LogP contribution is -2.14. The Morgan fingerprint density at radius 1 is 0.395 bits per heavy atom. The van der Waals surface area contributed by atoms with Gasteiger partial charge in [-0.1, -0.05) is 66.7 Å². The molecule has 176 valence electrons. The van der Waals surface area contributed by atoms with Crippen molar-refractivity contribution in [2.75, 3.05) is 0 Å². The van der Waals surface area contributed by atoms with Crippen molar-refractivity contribution in [3.8, 4) is 22.3 Å². The molecule has 0 unspecified atom stereocenters. The second-order valence-corrected chi connectivity index (χ2v) is 10.1. The molecule has 0 heterocycles. The quantitative estimate of drug-likeness (QED) is 0.157. The highest BCUT2D eigenvalue weighted by Crippen LogP contribution is 2.50. The maximum atomic E-state index is 14.8. The molecule has 7 aromatic rings. The minimum Gasteiger partial charge on any atom is -0.289 e. The van der Waals surface area contributed by atoms with Gasteiger partial charge in [-0.2, -0.15) is 0 Å². The third kappa shape index (κ3) is 2.12. The van der Waals surface area contributed by atoms with Crippen LogP contribution in [-0.4, -0.2) is 11.6 Å². The third-order valence-corrected chi connectivity index (χ3v) is 8.46. The summed E-state index contributed by atoms with van der Waals surface area (Å²) in [6.07, 6.45) is 0. The van der Waals surface area contributed by atoms with Gasteiger partial charge in [-0.15, -0.1) is 0 Å². The third-order valence-electron chi connectivity index (χ3n) is 8.46. The lowest BCUT2D eigenvalue weighted by molar-refractivity contribution is 0.102. The van der Waals surface area contributed by atoms with E-state index in [2.05, 4.69) is 12.1 Å². The predicted octanol–water partition coefficient (Wildman–Crippen LogP) is 8.44. The van der Waals surface area contributed by atoms with Gasteiger partial charge in [0.15, 0.2) is 23.2 Å². The Morgan fingerprint density at radius 3 is 1.47 bits per heavy atom. The van der Waals surface area contributed by atoms with E-state index >= 15 is 0 Å². The molecular formula is C34H14F2O2. The standard InChI is InChI=1S/C34H14F2O2/c35-26-14-13-22-21-8-7-18-19-9-11-24-29-16(15-3-1-2-4-23(15)33(24)37)5-6-17(27(19)29)20-10-12-25(30(21)28(18)20)34(38)31(22)32(26)36/h1-14H. The predicted molar refractivity (Wildman–Crippen MR) is 145 cm³/mol. The smallest absolute Gasteiger partial charge is 0.197 e. The normalized spacial score (nSPS) is 13.6. The Labute approximate surface area is 214 Å². The van der Waals surface area contributed by atoms with E-state index in [1.807, 2.05) is 54.6 Å². The van der Waals surface area contributed by atoms with Crippen LogP contribution in [0.5, 0.6) is 0 Å². The van der Waals surface area contributed by atoms with E-state index in [9.17, 15) is 18.4 Å². The fourth-order valence-electron chi connectivity index (χ4n) is 6.91. The number of fused-ring (bicyclic) bond motifs is 6. The molecule has 0 atom stereocenters. The number of hydrogen-bond donors (Lipinski definition) is 0. The van der Waals surface area contributed by atoms with Crippen LogP contribution in [-0.2, 0) is 0 Å². The van der Waals surface area contributed by atoms with E-state index in [-0.39, 0.29) is 11.3 Å². The Hall–Kier alpha value is -4.96. The Morgan fingerprint density at radius 2 is 0.868 bits per heavy atom. The highest BCUT2D eigenvalue weighted by Gasteiger charge is 2.32. The molecule has 0 saturated heterocycles. The van der Waals surface area contributed by atoms with Crippen LogP contribution in [0.2, 0.25) is 0 Å². The molecule has 0 aromatic heterocycles. The van der Waals surface area contributed by atoms with Crippen molar-refractivity contribution in [2.24, 2.45) is 0 Å². The maximum absolute atomic E-state index is 14.8. The van der Waals surface area contributed by atoms with Gasteiger partial charge in [0.1, 0.15) is 0 Å². The molecular weight excluding hydrogens is 478 g/mol. The average molecular weight is 492 g/mol. The van der Waals surface area contributed by atoms with Crippen molar-refractivity contribution < 1.29 is 18.4 Å². The first kappa shape index (κ1) is 20.1. The van der Waals surface area contributed by atoms with Crippen LogP contribution >= 0.6 is 0 Å². The summed E-state index contributed by atoms with van der Waals surface area (Å²) in [5.41, 5.74) is 4.64. The Balaban J connectivity index is 1.50. The first-order valence-corrected chi connectivity index (χ1v) is 12.4. The van der Waals surface area contributed by atoms with E-state index in [0.717, 1.165) is 60.3 Å². The molecule has 0 amide bonds. The maximum Gasteiger partial charge on any atom is 0.197 e. The first-order chi connectivity index (χ1) is 18.5. The van der Waals surface area contributed by atoms with Gasteiger partial charge in [-0.3, -0.25) is 9.59 Å². The van der Waals surface area contributed by atoms with Crippen molar-refractivity contribution in [2.45, 2.75) is 0 Å². The number of carbonyl (C=O) groups excluding carboxylic acids is 2. The SMILES string of the molecule is O=C1c2ccccc2-c2ccc3c4ccc5c6c(ccc(c7ccc1c2c37)c64)-c1ccc(F)c(F)c1C5=O. The molecule has 7 aromatic carbocycles. The molecule has 0 fully saturated rings. The van der Waals surface area contributed by atoms with Gasteiger partial charge in [0.25, 0.3) is 0 Å². The molecule has 38 heavy (non-hydrogen) atoms. The number of ketones is 2. The van der Waals surface area contributed by atoms with Crippen molar-refractivity contribution in [1.82, 2.24) is 0 Å². The second-order valence-electron chi connectivity index (χ2n) is 10.1. The van der Waals surface area contributed by atoms with Gasteiger partial charge in [-0.25, -0.2) is 8.78 Å². The van der Waals surface area contributed by atoms with Crippen LogP contribution in [0.4, 0.5) is 8.78 Å². The minimum absolute atomic E-state index is 0.0179. The molecule has 2 nitrogen and oxygen atoms in total. The van der Waals surface area contributed by atoms with Gasteiger partial charge in [0.05, 0.1) is 5.56 Å². The fraction of sp³-hybridized carbons (Fsp3) is 0. The summed E-state index contributed by atoms with van der Waals surface area (Å²) in [5, 5.41) is 7.55. The molecule has 0 bridgehead atoms. The highest BCUT2D eigenvalue weighted by atomic mass is 19.2. The number of rotatable bonds is 0. The summed E-state index contributed by atoms with van der Waals surface area (Å²) in [6.45, 7) is 0. The number of carbonyl (C=O) groups is 2. The fourth-order valence-corrected chi connectivity index (χ4v) is 6.91. The van der Waals surface area contributed by atoms with Crippen molar-refractivity contribution in [3.05, 3.63) is 119 Å². The molecule has 0 aliphatic heterocycles. The Kier molecular flexibility index (Phi) is 3.43. The van der Waals surface area contributed by atoms with E-state index in [0.29, 0.717) is 27.8 Å². The van der Waals surface area contributed by atoms with Crippen molar-refractivity contribution in [1.29, 1.82) is 0 Å². The zero-order chi connectivity index (χ0) is 25.4. The summed E-state index contributed by atoms with van der Waals surface area (Å²) in [6, 6.07) is 25.9. The van der Waals surface area contributed by atoms with Gasteiger partial charge in [0, 0.05) is 27.5 Å². The summed E-state index contributed by atoms with van der Waals surface area (Å²) >= 11 is 0. The summed E-state index contributed by atoms with van der Waals surface area (Å²) in [5.74, 6) is -2.63. The molecule has 0 radical (unpaired) electrons. The molecule has 0 spiro atoms. The number of hydrogen-bond acceptors (Lipinski definition) is 2. The first-order valence-electron chi connectivity index (χ1n) is 12.4. The average Bonchev–Trinajstić information content (AvgIpc) is 2.95. The lowest BCUT2D eigenvalue weighted by Gasteiger charge is -2.25. The molecule has 2 aliphatic rings. The summed E-state index contributed by atoms with van der Waals surface area (Å²) < 4.78 is 28.9. The van der Waals surface area contributed by atoms with Gasteiger partial charge >= 0.3 is 0 Å². The van der Waals surface area contributed by atoms with Crippen LogP contribution in [0.3, 0.4) is 0 Å². The van der Waals surface area contributed by atoms with Crippen LogP contribution < -0.4 is 0 Å².